The third-order valence-corrected chi connectivity index (χ3v) is 6.25. The van der Waals surface area contributed by atoms with Crippen LogP contribution in [0.3, 0.4) is 0 Å². The first-order valence-electron chi connectivity index (χ1n) is 11.0. The summed E-state index contributed by atoms with van der Waals surface area (Å²) < 4.78 is 21.5. The van der Waals surface area contributed by atoms with Crippen molar-refractivity contribution in [3.8, 4) is 17.1 Å². The second-order valence-electron chi connectivity index (χ2n) is 8.83. The molecule has 6 heteroatoms. The predicted octanol–water partition coefficient (Wildman–Crippen LogP) is 6.60. The van der Waals surface area contributed by atoms with E-state index in [1.807, 2.05) is 18.2 Å². The van der Waals surface area contributed by atoms with Crippen LogP contribution in [0.4, 0.5) is 4.39 Å². The second-order valence-corrected chi connectivity index (χ2v) is 9.89. The summed E-state index contributed by atoms with van der Waals surface area (Å²) in [5.74, 6) is 1.38. The Kier molecular flexibility index (Phi) is 7.14. The Morgan fingerprint density at radius 2 is 1.58 bits per heavy atom. The van der Waals surface area contributed by atoms with Crippen LogP contribution in [0.15, 0.2) is 84.0 Å². The molecule has 0 saturated carbocycles. The average Bonchev–Trinajstić information content (AvgIpc) is 3.20. The molecule has 0 aliphatic carbocycles. The highest BCUT2D eigenvalue weighted by molar-refractivity contribution is 7.99. The van der Waals surface area contributed by atoms with Crippen LogP contribution in [0, 0.1) is 5.82 Å². The van der Waals surface area contributed by atoms with Crippen LogP contribution in [0.5, 0.6) is 5.75 Å². The van der Waals surface area contributed by atoms with E-state index in [4.69, 9.17) is 4.74 Å². The molecular formula is C27H28FN3OS. The maximum Gasteiger partial charge on any atom is 0.191 e. The summed E-state index contributed by atoms with van der Waals surface area (Å²) in [7, 11) is 0. The number of hydrogen-bond acceptors (Lipinski definition) is 4. The van der Waals surface area contributed by atoms with Crippen molar-refractivity contribution >= 4 is 11.8 Å². The third-order valence-electron chi connectivity index (χ3n) is 5.32. The van der Waals surface area contributed by atoms with Gasteiger partial charge < -0.3 is 4.74 Å². The average molecular weight is 462 g/mol. The smallest absolute Gasteiger partial charge is 0.191 e. The van der Waals surface area contributed by atoms with Gasteiger partial charge in [-0.3, -0.25) is 4.57 Å². The van der Waals surface area contributed by atoms with Gasteiger partial charge in [0.15, 0.2) is 22.5 Å². The van der Waals surface area contributed by atoms with Gasteiger partial charge in [0.25, 0.3) is 0 Å². The summed E-state index contributed by atoms with van der Waals surface area (Å²) >= 11 is 1.56. The van der Waals surface area contributed by atoms with Gasteiger partial charge in [-0.25, -0.2) is 4.39 Å². The molecule has 0 atom stereocenters. The molecule has 0 radical (unpaired) electrons. The molecule has 4 aromatic rings. The summed E-state index contributed by atoms with van der Waals surface area (Å²) in [5.41, 5.74) is 3.57. The topological polar surface area (TPSA) is 39.9 Å². The summed E-state index contributed by atoms with van der Waals surface area (Å²) in [4.78, 5) is 0. The maximum absolute atomic E-state index is 13.8. The lowest BCUT2D eigenvalue weighted by Crippen LogP contribution is -2.10. The highest BCUT2D eigenvalue weighted by Crippen LogP contribution is 2.28. The fourth-order valence-corrected chi connectivity index (χ4v) is 4.24. The molecular weight excluding hydrogens is 433 g/mol. The van der Waals surface area contributed by atoms with Gasteiger partial charge in [0.05, 0.1) is 13.2 Å². The molecule has 3 aromatic carbocycles. The van der Waals surface area contributed by atoms with Gasteiger partial charge >= 0.3 is 0 Å². The van der Waals surface area contributed by atoms with Crippen LogP contribution in [0.1, 0.15) is 31.9 Å². The van der Waals surface area contributed by atoms with E-state index in [9.17, 15) is 4.39 Å². The van der Waals surface area contributed by atoms with E-state index in [-0.39, 0.29) is 17.0 Å². The highest BCUT2D eigenvalue weighted by Gasteiger charge is 2.17. The zero-order chi connectivity index (χ0) is 23.3. The number of para-hydroxylation sites is 1. The molecule has 0 unspecified atom stereocenters. The van der Waals surface area contributed by atoms with Gasteiger partial charge in [-0.05, 0) is 28.7 Å². The first kappa shape index (κ1) is 23.1. The minimum Gasteiger partial charge on any atom is -0.490 e. The van der Waals surface area contributed by atoms with Crippen molar-refractivity contribution in [1.82, 2.24) is 14.8 Å². The Bertz CT molecular complexity index is 1180. The molecule has 0 saturated heterocycles. The van der Waals surface area contributed by atoms with E-state index in [2.05, 4.69) is 71.9 Å². The van der Waals surface area contributed by atoms with Crippen molar-refractivity contribution in [3.05, 3.63) is 95.8 Å². The zero-order valence-electron chi connectivity index (χ0n) is 19.2. The van der Waals surface area contributed by atoms with Crippen molar-refractivity contribution in [1.29, 1.82) is 0 Å². The Morgan fingerprint density at radius 1 is 0.879 bits per heavy atom. The minimum absolute atomic E-state index is 0.0927. The molecule has 1 aromatic heterocycles. The number of aromatic nitrogens is 3. The van der Waals surface area contributed by atoms with Crippen LogP contribution in [-0.2, 0) is 12.0 Å². The van der Waals surface area contributed by atoms with Gasteiger partial charge in [0.1, 0.15) is 0 Å². The zero-order valence-corrected chi connectivity index (χ0v) is 20.0. The molecule has 0 aliphatic rings. The lowest BCUT2D eigenvalue weighted by Gasteiger charge is -2.19. The van der Waals surface area contributed by atoms with Crippen molar-refractivity contribution in [3.63, 3.8) is 0 Å². The Morgan fingerprint density at radius 3 is 2.27 bits per heavy atom. The summed E-state index contributed by atoms with van der Waals surface area (Å²) in [6.07, 6.45) is 0. The molecule has 0 fully saturated rings. The van der Waals surface area contributed by atoms with Gasteiger partial charge in [-0.1, -0.05) is 99.3 Å². The minimum atomic E-state index is -0.351. The summed E-state index contributed by atoms with van der Waals surface area (Å²) in [6.45, 7) is 7.66. The van der Waals surface area contributed by atoms with Gasteiger partial charge in [0, 0.05) is 11.3 Å². The van der Waals surface area contributed by atoms with E-state index < -0.39 is 0 Å². The van der Waals surface area contributed by atoms with E-state index >= 15 is 0 Å². The maximum atomic E-state index is 13.8. The summed E-state index contributed by atoms with van der Waals surface area (Å²) in [6, 6.07) is 25.3. The number of ether oxygens (including phenoxy) is 1. The second kappa shape index (κ2) is 10.2. The molecule has 0 spiro atoms. The number of rotatable bonds is 8. The quantitative estimate of drug-likeness (QED) is 0.219. The number of benzene rings is 3. The Hall–Kier alpha value is -3.12. The van der Waals surface area contributed by atoms with Crippen LogP contribution in [-0.4, -0.2) is 27.1 Å². The molecule has 4 nitrogen and oxygen atoms in total. The van der Waals surface area contributed by atoms with Crippen LogP contribution < -0.4 is 4.74 Å². The molecule has 0 bridgehead atoms. The number of thioether (sulfide) groups is 1. The number of halogens is 1. The fraction of sp³-hybridized carbons (Fsp3) is 0.259. The molecule has 0 N–H and O–H groups in total. The van der Waals surface area contributed by atoms with Crippen molar-refractivity contribution in [2.24, 2.45) is 0 Å². The largest absolute Gasteiger partial charge is 0.490 e. The van der Waals surface area contributed by atoms with E-state index in [0.717, 1.165) is 16.5 Å². The fourth-order valence-electron chi connectivity index (χ4n) is 3.48. The highest BCUT2D eigenvalue weighted by atomic mass is 32.2. The van der Waals surface area contributed by atoms with Crippen LogP contribution >= 0.6 is 11.8 Å². The molecule has 33 heavy (non-hydrogen) atoms. The summed E-state index contributed by atoms with van der Waals surface area (Å²) in [5, 5.41) is 9.80. The van der Waals surface area contributed by atoms with E-state index in [0.29, 0.717) is 18.9 Å². The van der Waals surface area contributed by atoms with Gasteiger partial charge in [-0.15, -0.1) is 10.2 Å². The molecule has 4 rings (SSSR count). The Labute approximate surface area is 198 Å². The van der Waals surface area contributed by atoms with Crippen LogP contribution in [0.2, 0.25) is 0 Å². The molecule has 170 valence electrons. The standard InChI is InChI=1S/C27H28FN3OS/c1-27(2,3)22-15-13-21(14-16-22)25-29-30-26(31(25)19-20-9-5-4-6-10-20)33-18-17-32-24-12-8-7-11-23(24)28/h4-16H,17-19H2,1-3H3. The van der Waals surface area contributed by atoms with E-state index in [1.54, 1.807) is 30.0 Å². The predicted molar refractivity (Wildman–Crippen MR) is 132 cm³/mol. The first-order valence-corrected chi connectivity index (χ1v) is 12.0. The third kappa shape index (κ3) is 5.82. The van der Waals surface area contributed by atoms with Gasteiger partial charge in [-0.2, -0.15) is 0 Å². The number of hydrogen-bond donors (Lipinski definition) is 0. The molecule has 0 amide bonds. The van der Waals surface area contributed by atoms with Crippen molar-refractivity contribution in [2.75, 3.05) is 12.4 Å². The molecule has 0 aliphatic heterocycles. The normalized spacial score (nSPS) is 11.5. The van der Waals surface area contributed by atoms with Crippen LogP contribution in [0.25, 0.3) is 11.4 Å². The molecule has 1 heterocycles. The van der Waals surface area contributed by atoms with Crippen molar-refractivity contribution < 1.29 is 9.13 Å². The monoisotopic (exact) mass is 461 g/mol. The lowest BCUT2D eigenvalue weighted by molar-refractivity contribution is 0.325. The van der Waals surface area contributed by atoms with Gasteiger partial charge in [0.2, 0.25) is 0 Å². The SMILES string of the molecule is CC(C)(C)c1ccc(-c2nnc(SCCOc3ccccc3F)n2Cc2ccccc2)cc1. The first-order chi connectivity index (χ1) is 15.9. The lowest BCUT2D eigenvalue weighted by atomic mass is 9.87. The number of nitrogens with zero attached hydrogens (tertiary/aromatic N) is 3. The Balaban J connectivity index is 1.54. The van der Waals surface area contributed by atoms with Crippen molar-refractivity contribution in [2.45, 2.75) is 37.9 Å². The van der Waals surface area contributed by atoms with E-state index in [1.165, 1.54) is 17.2 Å².